The van der Waals surface area contributed by atoms with Gasteiger partial charge in [-0.1, -0.05) is 0 Å². The molecule has 1 aromatic rings. The van der Waals surface area contributed by atoms with Gasteiger partial charge in [-0.2, -0.15) is 0 Å². The monoisotopic (exact) mass is 181 g/mol. The summed E-state index contributed by atoms with van der Waals surface area (Å²) in [5, 5.41) is 7.91. The Morgan fingerprint density at radius 1 is 1.31 bits per heavy atom. The zero-order valence-corrected chi connectivity index (χ0v) is 7.99. The highest BCUT2D eigenvalue weighted by molar-refractivity contribution is 5.42. The summed E-state index contributed by atoms with van der Waals surface area (Å²) >= 11 is 0. The first-order valence-corrected chi connectivity index (χ1v) is 4.37. The molecule has 1 rings (SSSR count). The summed E-state index contributed by atoms with van der Waals surface area (Å²) in [5.41, 5.74) is 2.44. The molecule has 1 heterocycles. The van der Waals surface area contributed by atoms with Crippen LogP contribution in [0.25, 0.3) is 0 Å². The Balaban J connectivity index is 2.78. The van der Waals surface area contributed by atoms with Crippen LogP contribution in [0.5, 0.6) is 0 Å². The topological polar surface area (TPSA) is 67.1 Å². The van der Waals surface area contributed by atoms with Crippen molar-refractivity contribution in [3.05, 3.63) is 12.1 Å². The molecule has 0 aliphatic rings. The Labute approximate surface area is 77.9 Å². The molecule has 0 aliphatic carbocycles. The van der Waals surface area contributed by atoms with Gasteiger partial charge in [0.05, 0.1) is 0 Å². The Morgan fingerprint density at radius 3 is 2.38 bits per heavy atom. The molecule has 0 aliphatic heterocycles. The molecule has 5 heteroatoms. The van der Waals surface area contributed by atoms with Crippen LogP contribution in [-0.2, 0) is 0 Å². The maximum Gasteiger partial charge on any atom is 0.162 e. The number of anilines is 2. The summed E-state index contributed by atoms with van der Waals surface area (Å²) < 4.78 is 0. The number of nitrogens with zero attached hydrogens (tertiary/aromatic N) is 3. The van der Waals surface area contributed by atoms with Crippen molar-refractivity contribution in [3.8, 4) is 0 Å². The molecule has 0 amide bonds. The van der Waals surface area contributed by atoms with E-state index in [0.717, 1.165) is 18.9 Å². The van der Waals surface area contributed by atoms with Crippen LogP contribution in [0.4, 0.5) is 11.6 Å². The van der Waals surface area contributed by atoms with E-state index >= 15 is 0 Å². The predicted molar refractivity (Wildman–Crippen MR) is 53.4 cm³/mol. The molecule has 0 fully saturated rings. The number of nitrogens with two attached hydrogens (primary N) is 1. The standard InChI is InChI=1S/C8H15N5/c1-3-13(4-2)8-6-5-7(10-9)11-12-8/h5-6H,3-4,9H2,1-2H3,(H,10,11). The second-order valence-electron chi connectivity index (χ2n) is 2.59. The molecule has 72 valence electrons. The molecule has 0 atom stereocenters. The Kier molecular flexibility index (Phi) is 3.45. The minimum absolute atomic E-state index is 0.580. The summed E-state index contributed by atoms with van der Waals surface area (Å²) in [6, 6.07) is 3.70. The molecular formula is C8H15N5. The third-order valence-corrected chi connectivity index (χ3v) is 1.89. The first-order valence-electron chi connectivity index (χ1n) is 4.37. The van der Waals surface area contributed by atoms with Crippen LogP contribution in [0.15, 0.2) is 12.1 Å². The van der Waals surface area contributed by atoms with E-state index in [0.29, 0.717) is 5.82 Å². The van der Waals surface area contributed by atoms with Gasteiger partial charge in [0, 0.05) is 13.1 Å². The lowest BCUT2D eigenvalue weighted by Gasteiger charge is -2.18. The number of nitrogen functional groups attached to an aromatic ring is 1. The van der Waals surface area contributed by atoms with Gasteiger partial charge < -0.3 is 10.3 Å². The lowest BCUT2D eigenvalue weighted by atomic mass is 10.4. The average Bonchev–Trinajstić information content (AvgIpc) is 2.21. The van der Waals surface area contributed by atoms with Crippen LogP contribution >= 0.6 is 0 Å². The predicted octanol–water partition coefficient (Wildman–Crippen LogP) is 0.608. The summed E-state index contributed by atoms with van der Waals surface area (Å²) in [5.74, 6) is 6.63. The minimum atomic E-state index is 0.580. The van der Waals surface area contributed by atoms with E-state index in [4.69, 9.17) is 5.84 Å². The first-order chi connectivity index (χ1) is 6.31. The van der Waals surface area contributed by atoms with E-state index < -0.39 is 0 Å². The van der Waals surface area contributed by atoms with Crippen molar-refractivity contribution < 1.29 is 0 Å². The molecule has 0 unspecified atom stereocenters. The van der Waals surface area contributed by atoms with Gasteiger partial charge in [-0.3, -0.25) is 0 Å². The number of nitrogens with one attached hydrogen (secondary N) is 1. The van der Waals surface area contributed by atoms with Crippen molar-refractivity contribution in [1.82, 2.24) is 10.2 Å². The summed E-state index contributed by atoms with van der Waals surface area (Å²) in [4.78, 5) is 2.12. The van der Waals surface area contributed by atoms with Crippen LogP contribution in [0.2, 0.25) is 0 Å². The number of hydrogen-bond donors (Lipinski definition) is 2. The fourth-order valence-corrected chi connectivity index (χ4v) is 1.12. The molecule has 0 spiro atoms. The van der Waals surface area contributed by atoms with E-state index in [-0.39, 0.29) is 0 Å². The smallest absolute Gasteiger partial charge is 0.162 e. The van der Waals surface area contributed by atoms with Crippen LogP contribution in [-0.4, -0.2) is 23.3 Å². The zero-order chi connectivity index (χ0) is 9.68. The molecular weight excluding hydrogens is 166 g/mol. The largest absolute Gasteiger partial charge is 0.356 e. The lowest BCUT2D eigenvalue weighted by molar-refractivity contribution is 0.825. The number of rotatable bonds is 4. The first kappa shape index (κ1) is 9.73. The van der Waals surface area contributed by atoms with Gasteiger partial charge in [-0.15, -0.1) is 10.2 Å². The minimum Gasteiger partial charge on any atom is -0.356 e. The molecule has 1 aromatic heterocycles. The van der Waals surface area contributed by atoms with Gasteiger partial charge in [0.15, 0.2) is 11.6 Å². The third-order valence-electron chi connectivity index (χ3n) is 1.89. The van der Waals surface area contributed by atoms with Crippen molar-refractivity contribution >= 4 is 11.6 Å². The molecule has 3 N–H and O–H groups in total. The van der Waals surface area contributed by atoms with Crippen LogP contribution in [0.3, 0.4) is 0 Å². The quantitative estimate of drug-likeness (QED) is 0.526. The van der Waals surface area contributed by atoms with Crippen LogP contribution in [0.1, 0.15) is 13.8 Å². The number of hydrazine groups is 1. The van der Waals surface area contributed by atoms with Crippen molar-refractivity contribution in [2.24, 2.45) is 5.84 Å². The van der Waals surface area contributed by atoms with Gasteiger partial charge >= 0.3 is 0 Å². The van der Waals surface area contributed by atoms with Crippen molar-refractivity contribution in [1.29, 1.82) is 0 Å². The molecule has 0 saturated heterocycles. The van der Waals surface area contributed by atoms with Gasteiger partial charge in [0.25, 0.3) is 0 Å². The fourth-order valence-electron chi connectivity index (χ4n) is 1.12. The molecule has 5 nitrogen and oxygen atoms in total. The molecule has 0 saturated carbocycles. The maximum atomic E-state index is 5.17. The Morgan fingerprint density at radius 2 is 2.00 bits per heavy atom. The van der Waals surface area contributed by atoms with E-state index in [1.165, 1.54) is 0 Å². The molecule has 0 aromatic carbocycles. The summed E-state index contributed by atoms with van der Waals surface area (Å²) in [7, 11) is 0. The van der Waals surface area contributed by atoms with E-state index in [1.54, 1.807) is 6.07 Å². The van der Waals surface area contributed by atoms with E-state index in [9.17, 15) is 0 Å². The Hall–Kier alpha value is -1.36. The zero-order valence-electron chi connectivity index (χ0n) is 7.99. The highest BCUT2D eigenvalue weighted by atomic mass is 15.3. The van der Waals surface area contributed by atoms with E-state index in [1.807, 2.05) is 6.07 Å². The summed E-state index contributed by atoms with van der Waals surface area (Å²) in [6.45, 7) is 6.03. The average molecular weight is 181 g/mol. The SMILES string of the molecule is CCN(CC)c1ccc(NN)nn1. The molecule has 13 heavy (non-hydrogen) atoms. The van der Waals surface area contributed by atoms with Crippen molar-refractivity contribution in [2.45, 2.75) is 13.8 Å². The third kappa shape index (κ3) is 2.29. The van der Waals surface area contributed by atoms with Gasteiger partial charge in [0.1, 0.15) is 0 Å². The maximum absolute atomic E-state index is 5.17. The highest BCUT2D eigenvalue weighted by Gasteiger charge is 2.02. The van der Waals surface area contributed by atoms with Crippen molar-refractivity contribution in [3.63, 3.8) is 0 Å². The fraction of sp³-hybridized carbons (Fsp3) is 0.500. The summed E-state index contributed by atoms with van der Waals surface area (Å²) in [6.07, 6.45) is 0. The highest BCUT2D eigenvalue weighted by Crippen LogP contribution is 2.09. The second kappa shape index (κ2) is 4.61. The van der Waals surface area contributed by atoms with Crippen LogP contribution in [0, 0.1) is 0 Å². The van der Waals surface area contributed by atoms with E-state index in [2.05, 4.69) is 34.4 Å². The second-order valence-corrected chi connectivity index (χ2v) is 2.59. The molecule has 0 bridgehead atoms. The van der Waals surface area contributed by atoms with Gasteiger partial charge in [0.2, 0.25) is 0 Å². The normalized spacial score (nSPS) is 9.77. The lowest BCUT2D eigenvalue weighted by Crippen LogP contribution is -2.23. The van der Waals surface area contributed by atoms with Gasteiger partial charge in [-0.25, -0.2) is 5.84 Å². The van der Waals surface area contributed by atoms with Gasteiger partial charge in [-0.05, 0) is 26.0 Å². The van der Waals surface area contributed by atoms with Crippen LogP contribution < -0.4 is 16.2 Å². The van der Waals surface area contributed by atoms with Crippen molar-refractivity contribution in [2.75, 3.05) is 23.4 Å². The number of hydrogen-bond acceptors (Lipinski definition) is 5. The molecule has 0 radical (unpaired) electrons. The Bertz CT molecular complexity index is 241. The number of aromatic nitrogens is 2.